The van der Waals surface area contributed by atoms with Crippen molar-refractivity contribution in [1.29, 1.82) is 0 Å². The van der Waals surface area contributed by atoms with E-state index < -0.39 is 5.60 Å². The smallest absolute Gasteiger partial charge is 0.253 e. The molecule has 0 saturated heterocycles. The van der Waals surface area contributed by atoms with Crippen LogP contribution in [0.25, 0.3) is 11.3 Å². The van der Waals surface area contributed by atoms with Crippen LogP contribution in [0.3, 0.4) is 0 Å². The van der Waals surface area contributed by atoms with E-state index in [1.165, 1.54) is 6.26 Å². The van der Waals surface area contributed by atoms with E-state index in [2.05, 4.69) is 10.3 Å². The van der Waals surface area contributed by atoms with Crippen LogP contribution in [0.1, 0.15) is 28.7 Å². The van der Waals surface area contributed by atoms with E-state index in [1.54, 1.807) is 32.0 Å². The second kappa shape index (κ2) is 6.91. The highest BCUT2D eigenvalue weighted by Crippen LogP contribution is 2.21. The molecular weight excluding hydrogens is 316 g/mol. The third-order valence-corrected chi connectivity index (χ3v) is 4.05. The van der Waals surface area contributed by atoms with Gasteiger partial charge < -0.3 is 14.8 Å². The molecule has 2 heterocycles. The van der Waals surface area contributed by atoms with Gasteiger partial charge in [0.2, 0.25) is 0 Å². The van der Waals surface area contributed by atoms with Gasteiger partial charge in [-0.15, -0.1) is 0 Å². The quantitative estimate of drug-likeness (QED) is 0.750. The molecule has 2 N–H and O–H groups in total. The van der Waals surface area contributed by atoms with Gasteiger partial charge in [0.25, 0.3) is 5.91 Å². The van der Waals surface area contributed by atoms with E-state index in [0.717, 1.165) is 11.3 Å². The molecule has 1 amide bonds. The summed E-state index contributed by atoms with van der Waals surface area (Å²) in [7, 11) is 0. The van der Waals surface area contributed by atoms with Gasteiger partial charge in [0.05, 0.1) is 29.8 Å². The first-order valence-electron chi connectivity index (χ1n) is 8.05. The lowest BCUT2D eigenvalue weighted by molar-refractivity contribution is 0.0330. The standard InChI is InChI=1S/C20H20N2O3/c1-14-16(10-11-17(22-14)15-7-4-3-5-8-15)19(23)21-13-20(2,24)18-9-6-12-25-18/h3-12,24H,13H2,1-2H3,(H,21,23). The number of rotatable bonds is 5. The molecule has 1 unspecified atom stereocenters. The number of aliphatic hydroxyl groups is 1. The molecule has 1 aromatic carbocycles. The first kappa shape index (κ1) is 16.9. The van der Waals surface area contributed by atoms with Crippen LogP contribution < -0.4 is 5.32 Å². The summed E-state index contributed by atoms with van der Waals surface area (Å²) in [5.41, 5.74) is 1.66. The van der Waals surface area contributed by atoms with Crippen LogP contribution in [0.4, 0.5) is 0 Å². The van der Waals surface area contributed by atoms with Crippen LogP contribution in [0.5, 0.6) is 0 Å². The van der Waals surface area contributed by atoms with Crippen LogP contribution >= 0.6 is 0 Å². The minimum absolute atomic E-state index is 0.0409. The van der Waals surface area contributed by atoms with Crippen molar-refractivity contribution in [3.05, 3.63) is 77.9 Å². The Morgan fingerprint density at radius 2 is 1.92 bits per heavy atom. The highest BCUT2D eigenvalue weighted by Gasteiger charge is 2.27. The number of carbonyl (C=O) groups excluding carboxylic acids is 1. The first-order valence-corrected chi connectivity index (χ1v) is 8.05. The number of pyridine rings is 1. The predicted molar refractivity (Wildman–Crippen MR) is 95.0 cm³/mol. The highest BCUT2D eigenvalue weighted by molar-refractivity contribution is 5.95. The Morgan fingerprint density at radius 3 is 2.56 bits per heavy atom. The van der Waals surface area contributed by atoms with Crippen molar-refractivity contribution < 1.29 is 14.3 Å². The zero-order valence-electron chi connectivity index (χ0n) is 14.2. The second-order valence-electron chi connectivity index (χ2n) is 6.13. The Bertz CT molecular complexity index is 856. The summed E-state index contributed by atoms with van der Waals surface area (Å²) in [5.74, 6) is 0.124. The summed E-state index contributed by atoms with van der Waals surface area (Å²) < 4.78 is 5.21. The average Bonchev–Trinajstić information content (AvgIpc) is 3.16. The van der Waals surface area contributed by atoms with Gasteiger partial charge in [-0.25, -0.2) is 0 Å². The Kier molecular flexibility index (Phi) is 4.67. The van der Waals surface area contributed by atoms with Crippen molar-refractivity contribution in [3.63, 3.8) is 0 Å². The van der Waals surface area contributed by atoms with Crippen LogP contribution in [-0.4, -0.2) is 22.5 Å². The van der Waals surface area contributed by atoms with Crippen LogP contribution in [-0.2, 0) is 5.60 Å². The summed E-state index contributed by atoms with van der Waals surface area (Å²) in [6.45, 7) is 3.43. The Labute approximate surface area is 146 Å². The van der Waals surface area contributed by atoms with Crippen molar-refractivity contribution in [2.24, 2.45) is 0 Å². The molecule has 0 bridgehead atoms. The van der Waals surface area contributed by atoms with Gasteiger partial charge >= 0.3 is 0 Å². The van der Waals surface area contributed by atoms with Crippen molar-refractivity contribution in [1.82, 2.24) is 10.3 Å². The van der Waals surface area contributed by atoms with E-state index in [1.807, 2.05) is 36.4 Å². The minimum Gasteiger partial charge on any atom is -0.466 e. The number of aryl methyl sites for hydroxylation is 1. The van der Waals surface area contributed by atoms with E-state index in [4.69, 9.17) is 4.42 Å². The zero-order chi connectivity index (χ0) is 17.9. The van der Waals surface area contributed by atoms with Crippen LogP contribution in [0.15, 0.2) is 65.3 Å². The molecule has 0 fully saturated rings. The van der Waals surface area contributed by atoms with E-state index >= 15 is 0 Å². The summed E-state index contributed by atoms with van der Waals surface area (Å²) >= 11 is 0. The van der Waals surface area contributed by atoms with Gasteiger partial charge in [0, 0.05) is 5.56 Å². The molecule has 0 aliphatic carbocycles. The number of carbonyl (C=O) groups is 1. The number of benzene rings is 1. The highest BCUT2D eigenvalue weighted by atomic mass is 16.4. The minimum atomic E-state index is -1.27. The molecule has 1 atom stereocenters. The molecule has 0 aliphatic heterocycles. The van der Waals surface area contributed by atoms with Crippen molar-refractivity contribution in [3.8, 4) is 11.3 Å². The van der Waals surface area contributed by atoms with Gasteiger partial charge in [-0.05, 0) is 38.1 Å². The number of furan rings is 1. The average molecular weight is 336 g/mol. The zero-order valence-corrected chi connectivity index (χ0v) is 14.2. The lowest BCUT2D eigenvalue weighted by Crippen LogP contribution is -2.38. The fraction of sp³-hybridized carbons (Fsp3) is 0.200. The lowest BCUT2D eigenvalue weighted by Gasteiger charge is -2.21. The number of amides is 1. The molecular formula is C20H20N2O3. The maximum Gasteiger partial charge on any atom is 0.253 e. The molecule has 3 aromatic rings. The molecule has 5 nitrogen and oxygen atoms in total. The maximum atomic E-state index is 12.4. The molecule has 25 heavy (non-hydrogen) atoms. The van der Waals surface area contributed by atoms with Crippen molar-refractivity contribution >= 4 is 5.91 Å². The predicted octanol–water partition coefficient (Wildman–Crippen LogP) is 3.29. The Morgan fingerprint density at radius 1 is 1.16 bits per heavy atom. The third-order valence-electron chi connectivity index (χ3n) is 4.05. The van der Waals surface area contributed by atoms with Gasteiger partial charge in [-0.3, -0.25) is 9.78 Å². The normalized spacial score (nSPS) is 13.2. The van der Waals surface area contributed by atoms with E-state index in [-0.39, 0.29) is 12.5 Å². The van der Waals surface area contributed by atoms with Crippen molar-refractivity contribution in [2.75, 3.05) is 6.54 Å². The number of nitrogens with one attached hydrogen (secondary N) is 1. The van der Waals surface area contributed by atoms with Crippen LogP contribution in [0.2, 0.25) is 0 Å². The SMILES string of the molecule is Cc1nc(-c2ccccc2)ccc1C(=O)NCC(C)(O)c1ccco1. The summed E-state index contributed by atoms with van der Waals surface area (Å²) in [4.78, 5) is 17.0. The Balaban J connectivity index is 1.72. The molecule has 128 valence electrons. The molecule has 3 rings (SSSR count). The van der Waals surface area contributed by atoms with Crippen molar-refractivity contribution in [2.45, 2.75) is 19.4 Å². The second-order valence-corrected chi connectivity index (χ2v) is 6.13. The molecule has 0 spiro atoms. The summed E-state index contributed by atoms with van der Waals surface area (Å²) in [6, 6.07) is 16.7. The molecule has 0 radical (unpaired) electrons. The van der Waals surface area contributed by atoms with Gasteiger partial charge in [-0.2, -0.15) is 0 Å². The molecule has 0 aliphatic rings. The number of aromatic nitrogens is 1. The molecule has 5 heteroatoms. The number of hydrogen-bond acceptors (Lipinski definition) is 4. The van der Waals surface area contributed by atoms with Gasteiger partial charge in [0.15, 0.2) is 0 Å². The fourth-order valence-electron chi connectivity index (χ4n) is 2.59. The first-order chi connectivity index (χ1) is 12.0. The summed E-state index contributed by atoms with van der Waals surface area (Å²) in [6.07, 6.45) is 1.49. The summed E-state index contributed by atoms with van der Waals surface area (Å²) in [5, 5.41) is 13.1. The monoisotopic (exact) mass is 336 g/mol. The lowest BCUT2D eigenvalue weighted by atomic mass is 10.0. The topological polar surface area (TPSA) is 75.4 Å². The molecule has 0 saturated carbocycles. The number of hydrogen-bond donors (Lipinski definition) is 2. The van der Waals surface area contributed by atoms with Crippen LogP contribution in [0, 0.1) is 6.92 Å². The maximum absolute atomic E-state index is 12.4. The van der Waals surface area contributed by atoms with Gasteiger partial charge in [-0.1, -0.05) is 30.3 Å². The number of nitrogens with zero attached hydrogens (tertiary/aromatic N) is 1. The third kappa shape index (κ3) is 3.78. The largest absolute Gasteiger partial charge is 0.466 e. The fourth-order valence-corrected chi connectivity index (χ4v) is 2.59. The molecule has 2 aromatic heterocycles. The Hall–Kier alpha value is -2.92. The van der Waals surface area contributed by atoms with E-state index in [0.29, 0.717) is 17.0 Å². The van der Waals surface area contributed by atoms with E-state index in [9.17, 15) is 9.90 Å². The van der Waals surface area contributed by atoms with Gasteiger partial charge in [0.1, 0.15) is 11.4 Å².